The highest BCUT2D eigenvalue weighted by molar-refractivity contribution is 5.99. The van der Waals surface area contributed by atoms with Crippen molar-refractivity contribution in [2.45, 2.75) is 70.4 Å². The van der Waals surface area contributed by atoms with E-state index in [2.05, 4.69) is 5.32 Å². The van der Waals surface area contributed by atoms with Crippen molar-refractivity contribution < 1.29 is 32.6 Å². The minimum absolute atomic E-state index is 0.0670. The second kappa shape index (κ2) is 11.6. The molecular formula is C31H32F3N3O5. The smallest absolute Gasteiger partial charge is 0.274 e. The molecular weight excluding hydrogens is 551 g/mol. The molecule has 2 aliphatic heterocycles. The van der Waals surface area contributed by atoms with Crippen molar-refractivity contribution in [1.82, 2.24) is 14.8 Å². The normalized spacial score (nSPS) is 21.5. The molecule has 8 nitrogen and oxygen atoms in total. The van der Waals surface area contributed by atoms with E-state index < -0.39 is 64.0 Å². The molecule has 1 aromatic heterocycles. The molecule has 2 bridgehead atoms. The summed E-state index contributed by atoms with van der Waals surface area (Å²) in [5.41, 5.74) is -2.49. The molecule has 5 rings (SSSR count). The summed E-state index contributed by atoms with van der Waals surface area (Å²) in [7, 11) is 0. The van der Waals surface area contributed by atoms with Crippen LogP contribution in [0, 0.1) is 17.5 Å². The van der Waals surface area contributed by atoms with Crippen molar-refractivity contribution in [3.63, 3.8) is 0 Å². The first-order chi connectivity index (χ1) is 20.0. The van der Waals surface area contributed by atoms with Gasteiger partial charge in [-0.2, -0.15) is 0 Å². The Morgan fingerprint density at radius 2 is 1.83 bits per heavy atom. The Labute approximate surface area is 240 Å². The van der Waals surface area contributed by atoms with Crippen molar-refractivity contribution in [3.8, 4) is 5.75 Å². The second-order valence-electron chi connectivity index (χ2n) is 11.0. The van der Waals surface area contributed by atoms with E-state index in [0.717, 1.165) is 0 Å². The van der Waals surface area contributed by atoms with Gasteiger partial charge in [0.2, 0.25) is 5.43 Å². The number of pyridine rings is 1. The molecule has 2 aromatic carbocycles. The van der Waals surface area contributed by atoms with Crippen LogP contribution in [0.4, 0.5) is 13.2 Å². The molecule has 0 radical (unpaired) electrons. The number of fused-ring (bicyclic) bond motifs is 4. The highest BCUT2D eigenvalue weighted by atomic mass is 19.1. The minimum Gasteiger partial charge on any atom is -0.483 e. The molecule has 1 fully saturated rings. The van der Waals surface area contributed by atoms with Gasteiger partial charge in [-0.3, -0.25) is 14.4 Å². The molecule has 2 amide bonds. The Balaban J connectivity index is 1.61. The monoisotopic (exact) mass is 583 g/mol. The van der Waals surface area contributed by atoms with Crippen molar-refractivity contribution in [1.29, 1.82) is 0 Å². The lowest BCUT2D eigenvalue weighted by Crippen LogP contribution is -2.52. The van der Waals surface area contributed by atoms with Gasteiger partial charge in [0.1, 0.15) is 29.6 Å². The first-order valence-corrected chi connectivity index (χ1v) is 13.9. The average molecular weight is 584 g/mol. The zero-order valence-corrected chi connectivity index (χ0v) is 23.3. The predicted octanol–water partition coefficient (Wildman–Crippen LogP) is 4.49. The fraction of sp³-hybridized carbons (Fsp3) is 0.387. The molecule has 1 saturated heterocycles. The molecule has 222 valence electrons. The minimum atomic E-state index is -1.24. The van der Waals surface area contributed by atoms with Crippen LogP contribution in [0.3, 0.4) is 0 Å². The van der Waals surface area contributed by atoms with Crippen LogP contribution in [0.5, 0.6) is 5.75 Å². The average Bonchev–Trinajstić information content (AvgIpc) is 3.06. The topological polar surface area (TPSA) is 101 Å². The number of hydrogen-bond acceptors (Lipinski definition) is 5. The first kappa shape index (κ1) is 29.4. The van der Waals surface area contributed by atoms with E-state index in [1.165, 1.54) is 10.8 Å². The van der Waals surface area contributed by atoms with Crippen molar-refractivity contribution in [2.75, 3.05) is 6.54 Å². The van der Waals surface area contributed by atoms with E-state index in [1.54, 1.807) is 29.2 Å². The number of amides is 2. The van der Waals surface area contributed by atoms with Crippen molar-refractivity contribution in [3.05, 3.63) is 98.7 Å². The number of ether oxygens (including phenoxy) is 1. The molecule has 0 spiro atoms. The van der Waals surface area contributed by atoms with Crippen molar-refractivity contribution in [2.24, 2.45) is 0 Å². The Hall–Kier alpha value is -4.12. The quantitative estimate of drug-likeness (QED) is 0.407. The molecule has 0 aliphatic carbocycles. The summed E-state index contributed by atoms with van der Waals surface area (Å²) in [6.45, 7) is 3.25. The standard InChI is InChI=1S/C31H32F3N3O5/c1-3-10-31(41)11-9-18(2)36-16-25(31)37-15-22(29(39)35-14-21-23(33)12-20(32)13-24(21)34)27(38)28(26(37)30(36)40)42-17-19-7-5-4-6-8-19/h4-8,12-13,15,18,25,41H,3,9-11,14,16-17H2,1-2H3,(H,35,39)/t18-,25+,31-/m0/s1. The van der Waals surface area contributed by atoms with Gasteiger partial charge >= 0.3 is 0 Å². The predicted molar refractivity (Wildman–Crippen MR) is 148 cm³/mol. The van der Waals surface area contributed by atoms with Crippen LogP contribution < -0.4 is 15.5 Å². The third kappa shape index (κ3) is 5.40. The maximum Gasteiger partial charge on any atom is 0.274 e. The maximum atomic E-state index is 14.2. The van der Waals surface area contributed by atoms with Gasteiger partial charge in [0, 0.05) is 43.0 Å². The first-order valence-electron chi connectivity index (χ1n) is 13.9. The van der Waals surface area contributed by atoms with E-state index in [0.29, 0.717) is 43.4 Å². The van der Waals surface area contributed by atoms with Gasteiger partial charge in [0.25, 0.3) is 11.8 Å². The zero-order chi connectivity index (χ0) is 30.2. The number of halogens is 3. The van der Waals surface area contributed by atoms with Gasteiger partial charge in [-0.1, -0.05) is 43.7 Å². The highest BCUT2D eigenvalue weighted by Gasteiger charge is 2.48. The fourth-order valence-corrected chi connectivity index (χ4v) is 5.90. The lowest BCUT2D eigenvalue weighted by atomic mass is 9.84. The Kier molecular flexibility index (Phi) is 8.14. The summed E-state index contributed by atoms with van der Waals surface area (Å²) in [6.07, 6.45) is 3.23. The Bertz CT molecular complexity index is 1550. The van der Waals surface area contributed by atoms with Gasteiger partial charge in [0.05, 0.1) is 11.6 Å². The molecule has 3 aromatic rings. The molecule has 3 heterocycles. The highest BCUT2D eigenvalue weighted by Crippen LogP contribution is 2.42. The number of nitrogens with one attached hydrogen (secondary N) is 1. The molecule has 0 unspecified atom stereocenters. The molecule has 2 aliphatic rings. The summed E-state index contributed by atoms with van der Waals surface area (Å²) in [4.78, 5) is 42.6. The van der Waals surface area contributed by atoms with Gasteiger partial charge < -0.3 is 24.6 Å². The van der Waals surface area contributed by atoms with E-state index in [1.807, 2.05) is 19.9 Å². The number of nitrogens with zero attached hydrogens (tertiary/aromatic N) is 2. The molecule has 42 heavy (non-hydrogen) atoms. The van der Waals surface area contributed by atoms with E-state index >= 15 is 0 Å². The molecule has 11 heteroatoms. The number of aliphatic hydroxyl groups is 1. The summed E-state index contributed by atoms with van der Waals surface area (Å²) in [5, 5.41) is 14.2. The van der Waals surface area contributed by atoms with Gasteiger partial charge in [0.15, 0.2) is 11.4 Å². The van der Waals surface area contributed by atoms with E-state index in [-0.39, 0.29) is 30.6 Å². The summed E-state index contributed by atoms with van der Waals surface area (Å²) < 4.78 is 49.2. The SMILES string of the molecule is CCC[C@]1(O)CC[C@H](C)N2C[C@H]1n1cc(C(=O)NCc3c(F)cc(F)cc3F)c(=O)c(OCc3ccccc3)c1C2=O. The number of carbonyl (C=O) groups excluding carboxylic acids is 2. The lowest BCUT2D eigenvalue weighted by Gasteiger charge is -2.43. The molecule has 2 N–H and O–H groups in total. The lowest BCUT2D eigenvalue weighted by molar-refractivity contribution is -0.0315. The number of aromatic nitrogens is 1. The van der Waals surface area contributed by atoms with Crippen molar-refractivity contribution >= 4 is 11.8 Å². The van der Waals surface area contributed by atoms with Gasteiger partial charge in [-0.25, -0.2) is 13.2 Å². The summed E-state index contributed by atoms with van der Waals surface area (Å²) >= 11 is 0. The van der Waals surface area contributed by atoms with Crippen LogP contribution in [0.25, 0.3) is 0 Å². The van der Waals surface area contributed by atoms with Crippen LogP contribution in [-0.2, 0) is 13.2 Å². The number of carbonyl (C=O) groups is 2. The maximum absolute atomic E-state index is 14.2. The Morgan fingerprint density at radius 1 is 1.14 bits per heavy atom. The number of benzene rings is 2. The summed E-state index contributed by atoms with van der Waals surface area (Å²) in [5.74, 6) is -5.27. The number of rotatable bonds is 8. The zero-order valence-electron chi connectivity index (χ0n) is 23.3. The van der Waals surface area contributed by atoms with Crippen LogP contribution >= 0.6 is 0 Å². The van der Waals surface area contributed by atoms with Crippen LogP contribution in [-0.4, -0.2) is 44.6 Å². The second-order valence-corrected chi connectivity index (χ2v) is 11.0. The van der Waals surface area contributed by atoms with E-state index in [9.17, 15) is 32.7 Å². The fourth-order valence-electron chi connectivity index (χ4n) is 5.90. The molecule has 3 atom stereocenters. The van der Waals surface area contributed by atoms with Crippen LogP contribution in [0.15, 0.2) is 53.5 Å². The van der Waals surface area contributed by atoms with Crippen LogP contribution in [0.2, 0.25) is 0 Å². The van der Waals surface area contributed by atoms with Crippen LogP contribution in [0.1, 0.15) is 77.5 Å². The summed E-state index contributed by atoms with van der Waals surface area (Å²) in [6, 6.07) is 9.04. The third-order valence-corrected chi connectivity index (χ3v) is 8.19. The van der Waals surface area contributed by atoms with E-state index in [4.69, 9.17) is 4.74 Å². The Morgan fingerprint density at radius 3 is 2.50 bits per heavy atom. The van der Waals surface area contributed by atoms with Gasteiger partial charge in [-0.15, -0.1) is 0 Å². The largest absolute Gasteiger partial charge is 0.483 e. The third-order valence-electron chi connectivity index (χ3n) is 8.19. The number of hydrogen-bond donors (Lipinski definition) is 2. The van der Waals surface area contributed by atoms with Gasteiger partial charge in [-0.05, 0) is 31.7 Å². The molecule has 0 saturated carbocycles.